The molecule has 0 N–H and O–H groups in total. The fourth-order valence-electron chi connectivity index (χ4n) is 0. The zero-order valence-corrected chi connectivity index (χ0v) is 13.2. The molecule has 0 saturated heterocycles. The molecule has 0 bridgehead atoms. The second kappa shape index (κ2) is 9.99. The molecular formula is CeMn3O12. The fourth-order valence-corrected chi connectivity index (χ4v) is 0. The summed E-state index contributed by atoms with van der Waals surface area (Å²) < 4.78 is 103. The molecular weight excluding hydrogens is 497 g/mol. The minimum atomic E-state index is -5.62. The molecule has 0 heterocycles. The van der Waals surface area contributed by atoms with Crippen molar-refractivity contribution in [3.05, 3.63) is 0 Å². The van der Waals surface area contributed by atoms with Crippen molar-refractivity contribution < 1.29 is 128 Å². The van der Waals surface area contributed by atoms with Crippen LogP contribution in [-0.4, -0.2) is 0 Å². The average molecular weight is 497 g/mol. The molecule has 0 atom stereocenters. The Morgan fingerprint density at radius 1 is 0.438 bits per heavy atom. The van der Waals surface area contributed by atoms with E-state index in [2.05, 4.69) is 0 Å². The minimum absolute atomic E-state index is 0. The number of rotatable bonds is 0. The van der Waals surface area contributed by atoms with E-state index in [1.807, 2.05) is 0 Å². The van der Waals surface area contributed by atoms with Gasteiger partial charge in [-0.15, -0.1) is 0 Å². The molecule has 0 aliphatic heterocycles. The first-order chi connectivity index (χ1) is 6.00. The van der Waals surface area contributed by atoms with E-state index < -0.39 is 38.9 Å². The summed E-state index contributed by atoms with van der Waals surface area (Å²) in [5, 5.41) is 0. The maximum absolute atomic E-state index is 8.58. The molecule has 1 radical (unpaired) electrons. The monoisotopic (exact) mass is 497 g/mol. The van der Waals surface area contributed by atoms with Crippen molar-refractivity contribution in [3.8, 4) is 0 Å². The van der Waals surface area contributed by atoms with E-state index in [0.717, 1.165) is 0 Å². The van der Waals surface area contributed by atoms with Gasteiger partial charge in [-0.1, -0.05) is 0 Å². The van der Waals surface area contributed by atoms with E-state index in [0.29, 0.717) is 0 Å². The van der Waals surface area contributed by atoms with Gasteiger partial charge in [0.25, 0.3) is 0 Å². The van der Waals surface area contributed by atoms with Gasteiger partial charge in [0.1, 0.15) is 0 Å². The molecule has 12 nitrogen and oxygen atoms in total. The molecule has 16 heavy (non-hydrogen) atoms. The van der Waals surface area contributed by atoms with Crippen molar-refractivity contribution in [1.82, 2.24) is 0 Å². The molecule has 0 amide bonds. The molecule has 16 heteroatoms. The van der Waals surface area contributed by atoms with Crippen molar-refractivity contribution in [2.24, 2.45) is 0 Å². The molecule has 0 aliphatic rings. The van der Waals surface area contributed by atoms with E-state index in [4.69, 9.17) is 47.1 Å². The average Bonchev–Trinajstić information content (AvgIpc) is 1.41. The zero-order valence-electron chi connectivity index (χ0n) is 6.53. The van der Waals surface area contributed by atoms with Gasteiger partial charge >= 0.3 is 128 Å². The third-order valence-corrected chi connectivity index (χ3v) is 0. The number of hydrogen-bond acceptors (Lipinski definition) is 12. The predicted molar refractivity (Wildman–Crippen MR) is 6.18 cm³/mol. The summed E-state index contributed by atoms with van der Waals surface area (Å²) in [6, 6.07) is 0. The standard InChI is InChI=1S/Ce.3Mn.12O/q+3;;;;;;;;;;;;;3*-1. The number of hydrogen-bond donors (Lipinski definition) is 0. The Labute approximate surface area is 126 Å². The quantitative estimate of drug-likeness (QED) is 0.288. The van der Waals surface area contributed by atoms with Crippen LogP contribution < -0.4 is 12.6 Å². The molecule has 97 valence electrons. The summed E-state index contributed by atoms with van der Waals surface area (Å²) in [5.41, 5.74) is 0. The second-order valence-corrected chi connectivity index (χ2v) is 4.68. The van der Waals surface area contributed by atoms with Crippen molar-refractivity contribution in [3.63, 3.8) is 0 Å². The van der Waals surface area contributed by atoms with Gasteiger partial charge in [-0.3, -0.25) is 0 Å². The fraction of sp³-hybridized carbons (Fsp3) is 0. The van der Waals surface area contributed by atoms with Gasteiger partial charge < -0.3 is 0 Å². The van der Waals surface area contributed by atoms with Gasteiger partial charge in [0.2, 0.25) is 0 Å². The van der Waals surface area contributed by atoms with Crippen LogP contribution in [0.25, 0.3) is 0 Å². The van der Waals surface area contributed by atoms with Crippen LogP contribution in [0, 0.1) is 41.7 Å². The first kappa shape index (κ1) is 25.8. The van der Waals surface area contributed by atoms with Gasteiger partial charge in [-0.25, -0.2) is 0 Å². The topological polar surface area (TPSA) is 223 Å². The summed E-state index contributed by atoms with van der Waals surface area (Å²) in [5.74, 6) is 0. The first-order valence-electron chi connectivity index (χ1n) is 1.85. The van der Waals surface area contributed by atoms with Crippen LogP contribution in [0.15, 0.2) is 0 Å². The molecule has 0 spiro atoms. The van der Waals surface area contributed by atoms with Crippen LogP contribution in [0.4, 0.5) is 0 Å². The van der Waals surface area contributed by atoms with E-state index in [-0.39, 0.29) is 41.7 Å². The van der Waals surface area contributed by atoms with Crippen molar-refractivity contribution in [2.75, 3.05) is 0 Å². The van der Waals surface area contributed by atoms with Crippen LogP contribution in [0.2, 0.25) is 0 Å². The van der Waals surface area contributed by atoms with E-state index >= 15 is 0 Å². The van der Waals surface area contributed by atoms with Crippen LogP contribution in [0.1, 0.15) is 0 Å². The summed E-state index contributed by atoms with van der Waals surface area (Å²) in [7, 11) is 0. The van der Waals surface area contributed by atoms with Gasteiger partial charge in [-0.2, -0.15) is 0 Å². The third kappa shape index (κ3) is 2860. The van der Waals surface area contributed by atoms with Crippen LogP contribution in [0.3, 0.4) is 0 Å². The van der Waals surface area contributed by atoms with E-state index in [1.54, 1.807) is 0 Å². The molecule has 0 saturated carbocycles. The summed E-state index contributed by atoms with van der Waals surface area (Å²) in [6.45, 7) is 0. The van der Waals surface area contributed by atoms with Crippen LogP contribution >= 0.6 is 0 Å². The van der Waals surface area contributed by atoms with Gasteiger partial charge in [-0.05, 0) is 0 Å². The SMILES string of the molecule is [Ce+3].[O]=[Mn](=[O])(=[O])[O-].[O]=[Mn](=[O])(=[O])[O-].[O]=[Mn](=[O])(=[O])[O-]. The normalized spacial score (nSPS) is 10.7. The Morgan fingerprint density at radius 3 is 0.438 bits per heavy atom. The summed E-state index contributed by atoms with van der Waals surface area (Å²) in [4.78, 5) is 0. The molecule has 0 fully saturated rings. The van der Waals surface area contributed by atoms with Crippen LogP contribution in [-0.2, 0) is 73.4 Å². The van der Waals surface area contributed by atoms with Gasteiger partial charge in [0, 0.05) is 0 Å². The molecule has 0 aromatic rings. The third-order valence-electron chi connectivity index (χ3n) is 0. The second-order valence-electron chi connectivity index (χ2n) is 1.13. The Hall–Kier alpha value is 1.02. The van der Waals surface area contributed by atoms with E-state index in [9.17, 15) is 0 Å². The maximum atomic E-state index is 8.58. The van der Waals surface area contributed by atoms with Gasteiger partial charge in [0.15, 0.2) is 0 Å². The predicted octanol–water partition coefficient (Wildman–Crippen LogP) is -4.64. The van der Waals surface area contributed by atoms with Crippen LogP contribution in [0.5, 0.6) is 0 Å². The molecule has 0 rings (SSSR count). The Kier molecular flexibility index (Phi) is 16.1. The first-order valence-corrected chi connectivity index (χ1v) is 7.63. The summed E-state index contributed by atoms with van der Waals surface area (Å²) >= 11 is -16.9. The van der Waals surface area contributed by atoms with Gasteiger partial charge in [0.05, 0.1) is 0 Å². The Morgan fingerprint density at radius 2 is 0.438 bits per heavy atom. The zero-order chi connectivity index (χ0) is 13.5. The Bertz CT molecular complexity index is 480. The van der Waals surface area contributed by atoms with Crippen molar-refractivity contribution >= 4 is 0 Å². The van der Waals surface area contributed by atoms with Crippen molar-refractivity contribution in [1.29, 1.82) is 0 Å². The molecule has 0 aliphatic carbocycles. The summed E-state index contributed by atoms with van der Waals surface area (Å²) in [6.07, 6.45) is 0. The Balaban J connectivity index is -0.0000000655. The van der Waals surface area contributed by atoms with Crippen molar-refractivity contribution in [2.45, 2.75) is 0 Å². The molecule has 0 aromatic carbocycles. The van der Waals surface area contributed by atoms with E-state index in [1.165, 1.54) is 0 Å². The molecule has 0 unspecified atom stereocenters. The molecule has 0 aromatic heterocycles.